The Morgan fingerprint density at radius 3 is 2.79 bits per heavy atom. The average molecular weight is 389 g/mol. The summed E-state index contributed by atoms with van der Waals surface area (Å²) in [7, 11) is 0. The van der Waals surface area contributed by atoms with Crippen molar-refractivity contribution in [3.05, 3.63) is 77.9 Å². The fourth-order valence-electron chi connectivity index (χ4n) is 3.60. The summed E-state index contributed by atoms with van der Waals surface area (Å²) in [6.45, 7) is 5.82. The van der Waals surface area contributed by atoms with E-state index in [1.807, 2.05) is 6.07 Å². The Balaban J connectivity index is 1.42. The molecule has 0 aliphatic carbocycles. The number of rotatable bonds is 8. The van der Waals surface area contributed by atoms with Gasteiger partial charge in [0.1, 0.15) is 5.75 Å². The maximum Gasteiger partial charge on any atom is 0.254 e. The van der Waals surface area contributed by atoms with Gasteiger partial charge in [-0.1, -0.05) is 48.5 Å². The van der Waals surface area contributed by atoms with Gasteiger partial charge in [-0.2, -0.15) is 5.10 Å². The van der Waals surface area contributed by atoms with Gasteiger partial charge in [-0.15, -0.1) is 6.58 Å². The van der Waals surface area contributed by atoms with Gasteiger partial charge >= 0.3 is 0 Å². The SMILES string of the molecule is C=CCc1c#ccc(/C=N/NC(=O)CN2CCC(Cc3ccccc3)CC2)c1O. The number of hydrogen-bond donors (Lipinski definition) is 2. The highest BCUT2D eigenvalue weighted by atomic mass is 16.3. The molecule has 1 saturated heterocycles. The number of carbonyl (C=O) groups is 1. The van der Waals surface area contributed by atoms with Gasteiger partial charge in [-0.3, -0.25) is 9.69 Å². The lowest BCUT2D eigenvalue weighted by molar-refractivity contribution is -0.122. The van der Waals surface area contributed by atoms with Crippen molar-refractivity contribution < 1.29 is 9.90 Å². The molecule has 1 heterocycles. The van der Waals surface area contributed by atoms with Gasteiger partial charge in [0.2, 0.25) is 0 Å². The van der Waals surface area contributed by atoms with E-state index in [4.69, 9.17) is 0 Å². The van der Waals surface area contributed by atoms with Gasteiger partial charge in [-0.05, 0) is 43.8 Å². The molecule has 3 rings (SSSR count). The van der Waals surface area contributed by atoms with E-state index in [-0.39, 0.29) is 11.7 Å². The standard InChI is InChI=1S/C24H27N3O2/c1-2-7-21-10-6-11-22(24(21)29)17-25-26-23(28)18-27-14-12-20(13-15-27)16-19-8-4-3-5-9-19/h2-5,8-9,11,17,20,29H,1,7,12-16,18H2,(H,26,28)/b25-17+. The molecule has 0 bridgehead atoms. The van der Waals surface area contributed by atoms with Crippen LogP contribution in [0.2, 0.25) is 0 Å². The molecule has 1 aliphatic rings. The number of hydrazone groups is 1. The van der Waals surface area contributed by atoms with Crippen molar-refractivity contribution in [2.24, 2.45) is 11.0 Å². The fraction of sp³-hybridized carbons (Fsp3) is 0.333. The molecule has 5 heteroatoms. The summed E-state index contributed by atoms with van der Waals surface area (Å²) >= 11 is 0. The molecule has 0 radical (unpaired) electrons. The third kappa shape index (κ3) is 6.20. The van der Waals surface area contributed by atoms with Crippen LogP contribution in [0.4, 0.5) is 0 Å². The van der Waals surface area contributed by atoms with Crippen molar-refractivity contribution >= 4 is 12.1 Å². The zero-order valence-corrected chi connectivity index (χ0v) is 16.6. The van der Waals surface area contributed by atoms with E-state index in [1.54, 1.807) is 12.1 Å². The Bertz CT molecular complexity index is 840. The first-order chi connectivity index (χ1) is 14.2. The van der Waals surface area contributed by atoms with Crippen LogP contribution in [0.25, 0.3) is 0 Å². The van der Waals surface area contributed by atoms with Gasteiger partial charge in [-0.25, -0.2) is 5.43 Å². The van der Waals surface area contributed by atoms with E-state index in [0.717, 1.165) is 32.4 Å². The third-order valence-electron chi connectivity index (χ3n) is 5.19. The summed E-state index contributed by atoms with van der Waals surface area (Å²) in [4.78, 5) is 14.3. The molecular formula is C24H27N3O2. The maximum atomic E-state index is 12.2. The van der Waals surface area contributed by atoms with Crippen molar-refractivity contribution in [2.45, 2.75) is 25.7 Å². The molecule has 29 heavy (non-hydrogen) atoms. The monoisotopic (exact) mass is 389 g/mol. The number of nitrogens with zero attached hydrogens (tertiary/aromatic N) is 2. The third-order valence-corrected chi connectivity index (χ3v) is 5.19. The molecule has 2 N–H and O–H groups in total. The molecule has 2 aromatic carbocycles. The molecular weight excluding hydrogens is 362 g/mol. The Morgan fingerprint density at radius 1 is 1.31 bits per heavy atom. The lowest BCUT2D eigenvalue weighted by Crippen LogP contribution is -2.40. The second-order valence-electron chi connectivity index (χ2n) is 7.39. The molecule has 0 spiro atoms. The minimum absolute atomic E-state index is 0.0853. The first-order valence-corrected chi connectivity index (χ1v) is 9.99. The quantitative estimate of drug-likeness (QED) is 0.414. The topological polar surface area (TPSA) is 64.9 Å². The van der Waals surface area contributed by atoms with Gasteiger partial charge in [0.25, 0.3) is 5.91 Å². The lowest BCUT2D eigenvalue weighted by Gasteiger charge is -2.31. The first-order valence-electron chi connectivity index (χ1n) is 9.99. The number of likely N-dealkylation sites (tertiary alicyclic amines) is 1. The maximum absolute atomic E-state index is 12.2. The number of piperidine rings is 1. The molecule has 0 atom stereocenters. The highest BCUT2D eigenvalue weighted by molar-refractivity contribution is 5.85. The van der Waals surface area contributed by atoms with Gasteiger partial charge in [0.05, 0.1) is 12.8 Å². The van der Waals surface area contributed by atoms with E-state index >= 15 is 0 Å². The van der Waals surface area contributed by atoms with Crippen molar-refractivity contribution in [1.29, 1.82) is 0 Å². The van der Waals surface area contributed by atoms with Crippen LogP contribution >= 0.6 is 0 Å². The lowest BCUT2D eigenvalue weighted by atomic mass is 9.90. The number of nitrogens with one attached hydrogen (secondary N) is 1. The molecule has 1 amide bonds. The summed E-state index contributed by atoms with van der Waals surface area (Å²) in [6.07, 6.45) is 6.91. The van der Waals surface area contributed by atoms with E-state index < -0.39 is 0 Å². The van der Waals surface area contributed by atoms with Gasteiger partial charge < -0.3 is 5.11 Å². The van der Waals surface area contributed by atoms with Crippen LogP contribution in [0.1, 0.15) is 29.5 Å². The number of aromatic hydroxyl groups is 1. The largest absolute Gasteiger partial charge is 0.506 e. The first kappa shape index (κ1) is 20.6. The summed E-state index contributed by atoms with van der Waals surface area (Å²) in [6, 6.07) is 17.8. The Labute approximate surface area is 172 Å². The van der Waals surface area contributed by atoms with E-state index in [1.165, 1.54) is 11.8 Å². The van der Waals surface area contributed by atoms with E-state index in [0.29, 0.717) is 30.0 Å². The van der Waals surface area contributed by atoms with Crippen LogP contribution in [0.5, 0.6) is 5.75 Å². The van der Waals surface area contributed by atoms with Crippen molar-refractivity contribution in [3.63, 3.8) is 0 Å². The van der Waals surface area contributed by atoms with Crippen LogP contribution in [0, 0.1) is 18.1 Å². The molecule has 0 unspecified atom stereocenters. The predicted octanol–water partition coefficient (Wildman–Crippen LogP) is 3.13. The molecule has 1 fully saturated rings. The second-order valence-corrected chi connectivity index (χ2v) is 7.39. The zero-order valence-electron chi connectivity index (χ0n) is 16.6. The van der Waals surface area contributed by atoms with Gasteiger partial charge in [0.15, 0.2) is 0 Å². The number of hydrogen-bond acceptors (Lipinski definition) is 4. The van der Waals surface area contributed by atoms with Crippen molar-refractivity contribution in [3.8, 4) is 5.75 Å². The summed E-state index contributed by atoms with van der Waals surface area (Å²) in [5.74, 6) is 0.607. The fourth-order valence-corrected chi connectivity index (χ4v) is 3.60. The summed E-state index contributed by atoms with van der Waals surface area (Å²) < 4.78 is 0. The van der Waals surface area contributed by atoms with Crippen LogP contribution < -0.4 is 5.43 Å². The summed E-state index contributed by atoms with van der Waals surface area (Å²) in [5, 5.41) is 14.1. The van der Waals surface area contributed by atoms with Gasteiger partial charge in [0, 0.05) is 23.6 Å². The Hall–Kier alpha value is -3.10. The molecule has 5 nitrogen and oxygen atoms in total. The number of carbonyl (C=O) groups excluding carboxylic acids is 1. The number of amides is 1. The number of allylic oxidation sites excluding steroid dienone is 1. The van der Waals surface area contributed by atoms with Crippen LogP contribution in [-0.4, -0.2) is 41.8 Å². The Kier molecular flexibility index (Phi) is 7.43. The predicted molar refractivity (Wildman–Crippen MR) is 115 cm³/mol. The van der Waals surface area contributed by atoms with Crippen LogP contribution in [0.15, 0.2) is 54.2 Å². The van der Waals surface area contributed by atoms with Crippen LogP contribution in [-0.2, 0) is 17.6 Å². The molecule has 0 saturated carbocycles. The minimum atomic E-state index is -0.153. The smallest absolute Gasteiger partial charge is 0.254 e. The molecule has 2 aromatic rings. The van der Waals surface area contributed by atoms with Crippen molar-refractivity contribution in [2.75, 3.05) is 19.6 Å². The summed E-state index contributed by atoms with van der Waals surface area (Å²) in [5.41, 5.74) is 5.02. The molecule has 0 aromatic heterocycles. The highest BCUT2D eigenvalue weighted by Gasteiger charge is 2.20. The zero-order chi connectivity index (χ0) is 20.5. The molecule has 150 valence electrons. The average Bonchev–Trinajstić information content (AvgIpc) is 2.73. The minimum Gasteiger partial charge on any atom is -0.506 e. The van der Waals surface area contributed by atoms with Crippen LogP contribution in [0.3, 0.4) is 0 Å². The van der Waals surface area contributed by atoms with Crippen molar-refractivity contribution in [1.82, 2.24) is 10.3 Å². The normalized spacial score (nSPS) is 15.2. The van der Waals surface area contributed by atoms with E-state index in [2.05, 4.69) is 58.4 Å². The number of benzene rings is 1. The molecule has 1 aliphatic heterocycles. The highest BCUT2D eigenvalue weighted by Crippen LogP contribution is 2.21. The second kappa shape index (κ2) is 10.4. The van der Waals surface area contributed by atoms with E-state index in [9.17, 15) is 9.90 Å². The Morgan fingerprint density at radius 2 is 2.07 bits per heavy atom.